The Kier molecular flexibility index (Phi) is 2.33. The molecule has 2 aromatic heterocycles. The van der Waals surface area contributed by atoms with Crippen molar-refractivity contribution in [3.63, 3.8) is 0 Å². The second kappa shape index (κ2) is 3.96. The van der Waals surface area contributed by atoms with Gasteiger partial charge in [-0.15, -0.1) is 0 Å². The zero-order chi connectivity index (χ0) is 10.8. The van der Waals surface area contributed by atoms with Crippen LogP contribution in [0.2, 0.25) is 0 Å². The molecule has 82 valence electrons. The van der Waals surface area contributed by atoms with E-state index in [1.807, 2.05) is 30.9 Å². The summed E-state index contributed by atoms with van der Waals surface area (Å²) in [4.78, 5) is 8.27. The Morgan fingerprint density at radius 3 is 3.00 bits per heavy atom. The van der Waals surface area contributed by atoms with E-state index in [0.717, 1.165) is 12.2 Å². The number of rotatable bonds is 4. The minimum absolute atomic E-state index is 0.688. The molecule has 1 aliphatic rings. The molecular weight excluding hydrogens is 200 g/mol. The number of nitrogens with zero attached hydrogens (tertiary/aromatic N) is 3. The molecule has 1 aliphatic carbocycles. The topological polar surface area (TPSA) is 42.7 Å². The Labute approximate surface area is 94.4 Å². The lowest BCUT2D eigenvalue weighted by atomic mass is 10.4. The van der Waals surface area contributed by atoms with Crippen molar-refractivity contribution in [2.75, 3.05) is 5.32 Å². The summed E-state index contributed by atoms with van der Waals surface area (Å²) < 4.78 is 2.27. The summed E-state index contributed by atoms with van der Waals surface area (Å²) in [5.74, 6) is 0. The van der Waals surface area contributed by atoms with Gasteiger partial charge in [0.25, 0.3) is 0 Å². The summed E-state index contributed by atoms with van der Waals surface area (Å²) in [5.41, 5.74) is 2.29. The van der Waals surface area contributed by atoms with Gasteiger partial charge in [0.05, 0.1) is 24.3 Å². The van der Waals surface area contributed by atoms with Gasteiger partial charge in [0.2, 0.25) is 0 Å². The van der Waals surface area contributed by atoms with E-state index in [9.17, 15) is 0 Å². The van der Waals surface area contributed by atoms with Crippen LogP contribution in [0.25, 0.3) is 0 Å². The number of nitrogens with one attached hydrogen (secondary N) is 1. The summed E-state index contributed by atoms with van der Waals surface area (Å²) >= 11 is 0. The molecular formula is C12H14N4. The molecule has 0 bridgehead atoms. The van der Waals surface area contributed by atoms with E-state index in [0.29, 0.717) is 6.04 Å². The maximum Gasteiger partial charge on any atom is 0.0951 e. The number of hydrogen-bond donors (Lipinski definition) is 1. The van der Waals surface area contributed by atoms with E-state index in [1.165, 1.54) is 18.5 Å². The molecule has 0 aromatic carbocycles. The maximum atomic E-state index is 4.20. The zero-order valence-corrected chi connectivity index (χ0v) is 9.00. The lowest BCUT2D eigenvalue weighted by molar-refractivity contribution is 0.701. The normalized spacial score (nSPS) is 15.0. The van der Waals surface area contributed by atoms with Gasteiger partial charge < -0.3 is 9.88 Å². The smallest absolute Gasteiger partial charge is 0.0951 e. The minimum atomic E-state index is 0.688. The minimum Gasteiger partial charge on any atom is -0.378 e. The van der Waals surface area contributed by atoms with Gasteiger partial charge in [0.1, 0.15) is 0 Å². The first-order chi connectivity index (χ1) is 7.93. The molecule has 0 spiro atoms. The second-order valence-electron chi connectivity index (χ2n) is 4.12. The van der Waals surface area contributed by atoms with Crippen LogP contribution in [0, 0.1) is 0 Å². The van der Waals surface area contributed by atoms with Gasteiger partial charge in [-0.2, -0.15) is 0 Å². The number of aromatic nitrogens is 3. The molecule has 1 saturated carbocycles. The Morgan fingerprint density at radius 2 is 2.25 bits per heavy atom. The highest BCUT2D eigenvalue weighted by Crippen LogP contribution is 2.35. The lowest BCUT2D eigenvalue weighted by Gasteiger charge is -2.08. The Morgan fingerprint density at radius 1 is 1.31 bits per heavy atom. The van der Waals surface area contributed by atoms with Crippen LogP contribution in [0.4, 0.5) is 5.69 Å². The van der Waals surface area contributed by atoms with E-state index in [-0.39, 0.29) is 0 Å². The van der Waals surface area contributed by atoms with Crippen LogP contribution in [0.1, 0.15) is 24.6 Å². The van der Waals surface area contributed by atoms with Crippen molar-refractivity contribution < 1.29 is 0 Å². The van der Waals surface area contributed by atoms with E-state index >= 15 is 0 Å². The highest BCUT2D eigenvalue weighted by molar-refractivity contribution is 5.39. The van der Waals surface area contributed by atoms with Gasteiger partial charge in [-0.05, 0) is 25.0 Å². The Hall–Kier alpha value is -1.84. The van der Waals surface area contributed by atoms with Crippen molar-refractivity contribution in [1.29, 1.82) is 0 Å². The molecule has 0 atom stereocenters. The van der Waals surface area contributed by atoms with Crippen molar-refractivity contribution in [1.82, 2.24) is 14.5 Å². The Bertz CT molecular complexity index is 459. The average molecular weight is 214 g/mol. The summed E-state index contributed by atoms with van der Waals surface area (Å²) in [6.45, 7) is 0.808. The van der Waals surface area contributed by atoms with Gasteiger partial charge in [-0.1, -0.05) is 0 Å². The second-order valence-corrected chi connectivity index (χ2v) is 4.12. The highest BCUT2D eigenvalue weighted by Gasteiger charge is 2.24. The molecule has 0 saturated heterocycles. The summed E-state index contributed by atoms with van der Waals surface area (Å²) in [6.07, 6.45) is 10.0. The molecule has 4 heteroatoms. The standard InChI is InChI=1S/C12H14N4/c1-2-10(6-13-5-1)15-8-12-7-14-9-16(12)11-3-4-11/h1-2,5-7,9,11,15H,3-4,8H2. The number of imidazole rings is 1. The molecule has 2 heterocycles. The van der Waals surface area contributed by atoms with Gasteiger partial charge >= 0.3 is 0 Å². The molecule has 2 aromatic rings. The maximum absolute atomic E-state index is 4.20. The van der Waals surface area contributed by atoms with Crippen LogP contribution < -0.4 is 5.32 Å². The molecule has 0 unspecified atom stereocenters. The first-order valence-electron chi connectivity index (χ1n) is 5.58. The summed E-state index contributed by atoms with van der Waals surface area (Å²) in [5, 5.41) is 3.35. The molecule has 0 radical (unpaired) electrons. The zero-order valence-electron chi connectivity index (χ0n) is 9.00. The molecule has 1 N–H and O–H groups in total. The molecule has 3 rings (SSSR count). The summed E-state index contributed by atoms with van der Waals surface area (Å²) in [6, 6.07) is 4.64. The van der Waals surface area contributed by atoms with Gasteiger partial charge in [-0.3, -0.25) is 4.98 Å². The van der Waals surface area contributed by atoms with Crippen LogP contribution in [-0.4, -0.2) is 14.5 Å². The van der Waals surface area contributed by atoms with E-state index in [1.54, 1.807) is 6.20 Å². The molecule has 1 fully saturated rings. The van der Waals surface area contributed by atoms with Crippen LogP contribution in [0.15, 0.2) is 37.1 Å². The lowest BCUT2D eigenvalue weighted by Crippen LogP contribution is -2.05. The van der Waals surface area contributed by atoms with Crippen LogP contribution in [0.5, 0.6) is 0 Å². The monoisotopic (exact) mass is 214 g/mol. The molecule has 4 nitrogen and oxygen atoms in total. The van der Waals surface area contributed by atoms with E-state index < -0.39 is 0 Å². The average Bonchev–Trinajstić information content (AvgIpc) is 3.07. The van der Waals surface area contributed by atoms with Crippen molar-refractivity contribution >= 4 is 5.69 Å². The third kappa shape index (κ3) is 1.91. The first-order valence-corrected chi connectivity index (χ1v) is 5.58. The van der Waals surface area contributed by atoms with Crippen molar-refractivity contribution in [2.45, 2.75) is 25.4 Å². The van der Waals surface area contributed by atoms with Crippen molar-refractivity contribution in [2.24, 2.45) is 0 Å². The van der Waals surface area contributed by atoms with Gasteiger partial charge in [0, 0.05) is 24.6 Å². The Balaban J connectivity index is 1.68. The fourth-order valence-electron chi connectivity index (χ4n) is 1.81. The van der Waals surface area contributed by atoms with Gasteiger partial charge in [-0.25, -0.2) is 4.98 Å². The van der Waals surface area contributed by atoms with Crippen molar-refractivity contribution in [3.05, 3.63) is 42.7 Å². The quantitative estimate of drug-likeness (QED) is 0.848. The van der Waals surface area contributed by atoms with E-state index in [2.05, 4.69) is 19.9 Å². The SMILES string of the molecule is c1cncc(NCc2cncn2C2CC2)c1. The molecule has 0 aliphatic heterocycles. The highest BCUT2D eigenvalue weighted by atomic mass is 15.1. The van der Waals surface area contributed by atoms with Crippen LogP contribution >= 0.6 is 0 Å². The first kappa shape index (κ1) is 9.39. The summed E-state index contributed by atoms with van der Waals surface area (Å²) in [7, 11) is 0. The van der Waals surface area contributed by atoms with Crippen LogP contribution in [-0.2, 0) is 6.54 Å². The van der Waals surface area contributed by atoms with Crippen molar-refractivity contribution in [3.8, 4) is 0 Å². The third-order valence-corrected chi connectivity index (χ3v) is 2.82. The molecule has 16 heavy (non-hydrogen) atoms. The largest absolute Gasteiger partial charge is 0.378 e. The third-order valence-electron chi connectivity index (χ3n) is 2.82. The number of anilines is 1. The fourth-order valence-corrected chi connectivity index (χ4v) is 1.81. The molecule has 0 amide bonds. The van der Waals surface area contributed by atoms with Gasteiger partial charge in [0.15, 0.2) is 0 Å². The van der Waals surface area contributed by atoms with Crippen LogP contribution in [0.3, 0.4) is 0 Å². The number of pyridine rings is 1. The predicted octanol–water partition coefficient (Wildman–Crippen LogP) is 2.23. The predicted molar refractivity (Wildman–Crippen MR) is 62.1 cm³/mol. The fraction of sp³-hybridized carbons (Fsp3) is 0.333. The number of hydrogen-bond acceptors (Lipinski definition) is 3. The van der Waals surface area contributed by atoms with E-state index in [4.69, 9.17) is 0 Å².